The summed E-state index contributed by atoms with van der Waals surface area (Å²) in [5.41, 5.74) is 5.26. The highest BCUT2D eigenvalue weighted by Crippen LogP contribution is 2.29. The van der Waals surface area contributed by atoms with E-state index in [-0.39, 0.29) is 0 Å². The fourth-order valence-corrected chi connectivity index (χ4v) is 5.73. The lowest BCUT2D eigenvalue weighted by molar-refractivity contribution is -0.894. The van der Waals surface area contributed by atoms with E-state index >= 15 is 0 Å². The van der Waals surface area contributed by atoms with Crippen molar-refractivity contribution >= 4 is 0 Å². The molecular formula is C30H40N6+2. The molecule has 6 heteroatoms. The van der Waals surface area contributed by atoms with Gasteiger partial charge in [-0.1, -0.05) is 24.3 Å². The first kappa shape index (κ1) is 24.8. The highest BCUT2D eigenvalue weighted by Gasteiger charge is 2.26. The van der Waals surface area contributed by atoms with Crippen LogP contribution in [0.3, 0.4) is 0 Å². The van der Waals surface area contributed by atoms with E-state index in [9.17, 15) is 0 Å². The van der Waals surface area contributed by atoms with Gasteiger partial charge in [0.1, 0.15) is 12.1 Å². The van der Waals surface area contributed by atoms with Crippen molar-refractivity contribution in [1.82, 2.24) is 19.8 Å². The lowest BCUT2D eigenvalue weighted by atomic mass is 10.0. The molecule has 0 aromatic carbocycles. The van der Waals surface area contributed by atoms with Gasteiger partial charge in [0.25, 0.3) is 0 Å². The van der Waals surface area contributed by atoms with E-state index in [1.54, 1.807) is 0 Å². The van der Waals surface area contributed by atoms with Gasteiger partial charge in [0.2, 0.25) is 0 Å². The van der Waals surface area contributed by atoms with Gasteiger partial charge in [-0.05, 0) is 61.7 Å². The Bertz CT molecular complexity index is 994. The third-order valence-electron chi connectivity index (χ3n) is 7.93. The Morgan fingerprint density at radius 1 is 0.611 bits per heavy atom. The van der Waals surface area contributed by atoms with Gasteiger partial charge in [-0.3, -0.25) is 19.8 Å². The number of hydrogen-bond acceptors (Lipinski definition) is 4. The summed E-state index contributed by atoms with van der Waals surface area (Å²) < 4.78 is 0. The van der Waals surface area contributed by atoms with Gasteiger partial charge in [-0.2, -0.15) is 0 Å². The van der Waals surface area contributed by atoms with Crippen molar-refractivity contribution in [3.05, 3.63) is 108 Å². The van der Waals surface area contributed by atoms with Crippen LogP contribution in [0.25, 0.3) is 0 Å². The van der Waals surface area contributed by atoms with E-state index in [2.05, 4.69) is 109 Å². The summed E-state index contributed by atoms with van der Waals surface area (Å²) in [6.45, 7) is 4.28. The average molecular weight is 485 g/mol. The lowest BCUT2D eigenvalue weighted by Gasteiger charge is -2.22. The maximum absolute atomic E-state index is 4.45. The molecule has 6 atom stereocenters. The van der Waals surface area contributed by atoms with Crippen molar-refractivity contribution in [2.45, 2.75) is 24.2 Å². The van der Waals surface area contributed by atoms with Crippen molar-refractivity contribution in [2.24, 2.45) is 0 Å². The maximum Gasteiger partial charge on any atom is 0.134 e. The van der Waals surface area contributed by atoms with E-state index in [1.165, 1.54) is 32.1 Å². The second kappa shape index (κ2) is 11.0. The number of rotatable bonds is 4. The van der Waals surface area contributed by atoms with Crippen molar-refractivity contribution in [1.29, 1.82) is 0 Å². The van der Waals surface area contributed by atoms with E-state index in [0.717, 1.165) is 26.2 Å². The van der Waals surface area contributed by atoms with Crippen LogP contribution in [0.5, 0.6) is 0 Å². The fraction of sp³-hybridized carbons (Fsp3) is 0.400. The third kappa shape index (κ3) is 5.27. The van der Waals surface area contributed by atoms with E-state index in [4.69, 9.17) is 0 Å². The van der Waals surface area contributed by atoms with Gasteiger partial charge in [0, 0.05) is 49.0 Å². The highest BCUT2D eigenvalue weighted by molar-refractivity contribution is 5.31. The largest absolute Gasteiger partial charge is 0.325 e. The van der Waals surface area contributed by atoms with Crippen LogP contribution in [0.15, 0.2) is 85.5 Å². The molecule has 0 fully saturated rings. The number of pyridine rings is 2. The molecule has 2 aromatic heterocycles. The second-order valence-corrected chi connectivity index (χ2v) is 10.6. The van der Waals surface area contributed by atoms with Gasteiger partial charge in [-0.15, -0.1) is 0 Å². The van der Waals surface area contributed by atoms with Gasteiger partial charge in [-0.25, -0.2) is 0 Å². The first-order valence-corrected chi connectivity index (χ1v) is 13.1. The van der Waals surface area contributed by atoms with Crippen molar-refractivity contribution in [3.8, 4) is 0 Å². The summed E-state index contributed by atoms with van der Waals surface area (Å²) in [4.78, 5) is 16.6. The topological polar surface area (TPSA) is 41.1 Å². The summed E-state index contributed by atoms with van der Waals surface area (Å²) in [7, 11) is 8.78. The quantitative estimate of drug-likeness (QED) is 0.646. The molecule has 6 rings (SSSR count). The van der Waals surface area contributed by atoms with Crippen LogP contribution in [-0.4, -0.2) is 74.1 Å². The molecule has 188 valence electrons. The molecule has 4 aliphatic rings. The Kier molecular flexibility index (Phi) is 7.58. The van der Waals surface area contributed by atoms with Crippen molar-refractivity contribution in [3.63, 3.8) is 0 Å². The molecule has 0 saturated carbocycles. The number of hydrogen-bond donors (Lipinski definition) is 2. The molecular weight excluding hydrogens is 444 g/mol. The maximum atomic E-state index is 4.45. The van der Waals surface area contributed by atoms with E-state index in [1.807, 2.05) is 24.8 Å². The molecule has 0 aliphatic carbocycles. The molecule has 6 heterocycles. The van der Waals surface area contributed by atoms with Crippen LogP contribution in [-0.2, 0) is 0 Å². The summed E-state index contributed by atoms with van der Waals surface area (Å²) in [6, 6.07) is 6.34. The molecule has 4 aliphatic heterocycles. The van der Waals surface area contributed by atoms with E-state index < -0.39 is 0 Å². The zero-order chi connectivity index (χ0) is 25.1. The van der Waals surface area contributed by atoms with Crippen LogP contribution in [0.4, 0.5) is 0 Å². The summed E-state index contributed by atoms with van der Waals surface area (Å²) in [5.74, 6) is 0. The summed E-state index contributed by atoms with van der Waals surface area (Å²) >= 11 is 0. The molecule has 6 unspecified atom stereocenters. The average Bonchev–Trinajstić information content (AvgIpc) is 3.69. The van der Waals surface area contributed by atoms with Gasteiger partial charge in [0.15, 0.2) is 0 Å². The highest BCUT2D eigenvalue weighted by atomic mass is 15.2. The number of quaternary nitrogens is 2. The first-order valence-electron chi connectivity index (χ1n) is 13.1. The molecule has 0 radical (unpaired) electrons. The normalized spacial score (nSPS) is 31.3. The SMILES string of the molecule is CN1CC=CC1c1cncc(C2C=CCN2C)c1.C[NH+]1CC=CC1c1cncc(C2C=CC[NH+]2C)c1. The number of nitrogens with zero attached hydrogens (tertiary/aromatic N) is 4. The van der Waals surface area contributed by atoms with Gasteiger partial charge >= 0.3 is 0 Å². The van der Waals surface area contributed by atoms with Crippen LogP contribution < -0.4 is 9.80 Å². The Morgan fingerprint density at radius 3 is 1.39 bits per heavy atom. The molecule has 2 aromatic rings. The van der Waals surface area contributed by atoms with Gasteiger partial charge in [0.05, 0.1) is 39.3 Å². The molecule has 0 bridgehead atoms. The lowest BCUT2D eigenvalue weighted by Crippen LogP contribution is -3.07. The number of likely N-dealkylation sites (N-methyl/N-ethyl adjacent to an activating group) is 4. The summed E-state index contributed by atoms with van der Waals surface area (Å²) in [6.07, 6.45) is 26.1. The van der Waals surface area contributed by atoms with Crippen LogP contribution in [0.2, 0.25) is 0 Å². The second-order valence-electron chi connectivity index (χ2n) is 10.6. The minimum absolute atomic E-state index is 0.383. The Labute approximate surface area is 215 Å². The van der Waals surface area contributed by atoms with Crippen LogP contribution in [0.1, 0.15) is 46.4 Å². The van der Waals surface area contributed by atoms with Crippen LogP contribution >= 0.6 is 0 Å². The molecule has 2 N–H and O–H groups in total. The number of aromatic nitrogens is 2. The predicted octanol–water partition coefficient (Wildman–Crippen LogP) is 1.50. The zero-order valence-corrected chi connectivity index (χ0v) is 22.0. The van der Waals surface area contributed by atoms with Gasteiger partial charge < -0.3 is 9.80 Å². The zero-order valence-electron chi connectivity index (χ0n) is 22.0. The third-order valence-corrected chi connectivity index (χ3v) is 7.93. The monoisotopic (exact) mass is 484 g/mol. The Morgan fingerprint density at radius 2 is 1.03 bits per heavy atom. The molecule has 0 amide bonds. The van der Waals surface area contributed by atoms with E-state index in [0.29, 0.717) is 24.2 Å². The Balaban J connectivity index is 0.000000148. The van der Waals surface area contributed by atoms with Crippen molar-refractivity contribution in [2.75, 3.05) is 54.4 Å². The minimum atomic E-state index is 0.383. The predicted molar refractivity (Wildman–Crippen MR) is 145 cm³/mol. The van der Waals surface area contributed by atoms with Crippen molar-refractivity contribution < 1.29 is 9.80 Å². The molecule has 0 spiro atoms. The van der Waals surface area contributed by atoms with Crippen LogP contribution in [0, 0.1) is 0 Å². The number of nitrogens with one attached hydrogen (secondary N) is 2. The molecule has 0 saturated heterocycles. The fourth-order valence-electron chi connectivity index (χ4n) is 5.73. The molecule has 6 nitrogen and oxygen atoms in total. The summed E-state index contributed by atoms with van der Waals surface area (Å²) in [5, 5.41) is 0. The Hall–Kier alpha value is -2.90. The first-order chi connectivity index (χ1) is 17.5. The smallest absolute Gasteiger partial charge is 0.134 e. The minimum Gasteiger partial charge on any atom is -0.325 e. The standard InChI is InChI=1S/2C15H19N3/c2*1-17-7-3-5-14(17)12-9-13(11-16-10-12)15-6-4-8-18(15)2/h2*3-6,9-11,14-15H,7-8H2,1-2H3/p+2. The molecule has 36 heavy (non-hydrogen) atoms.